The van der Waals surface area contributed by atoms with Crippen LogP contribution >= 0.6 is 0 Å². The molecule has 0 aromatic heterocycles. The number of rotatable bonds is 7. The van der Waals surface area contributed by atoms with Crippen LogP contribution in [0.15, 0.2) is 84.4 Å². The molecule has 0 fully saturated rings. The van der Waals surface area contributed by atoms with E-state index in [0.717, 1.165) is 0 Å². The number of amides is 2. The van der Waals surface area contributed by atoms with E-state index in [4.69, 9.17) is 4.74 Å². The molecule has 0 saturated carbocycles. The van der Waals surface area contributed by atoms with Crippen LogP contribution in [0.5, 0.6) is 5.75 Å². The number of ether oxygens (including phenoxy) is 1. The van der Waals surface area contributed by atoms with Crippen molar-refractivity contribution in [1.82, 2.24) is 0 Å². The molecule has 2 N–H and O–H groups in total. The highest BCUT2D eigenvalue weighted by Gasteiger charge is 2.10. The van der Waals surface area contributed by atoms with Crippen LogP contribution in [-0.2, 0) is 9.59 Å². The number of benzene rings is 3. The number of halogens is 1. The average Bonchev–Trinajstić information content (AvgIpc) is 2.79. The van der Waals surface area contributed by atoms with Crippen LogP contribution in [0.4, 0.5) is 15.8 Å². The van der Waals surface area contributed by atoms with E-state index in [1.54, 1.807) is 36.4 Å². The molecule has 0 bridgehead atoms. The summed E-state index contributed by atoms with van der Waals surface area (Å²) in [4.78, 5) is 24.2. The van der Waals surface area contributed by atoms with Crippen molar-refractivity contribution in [3.63, 3.8) is 0 Å². The van der Waals surface area contributed by atoms with Crippen molar-refractivity contribution in [3.8, 4) is 11.8 Å². The van der Waals surface area contributed by atoms with Crippen LogP contribution in [-0.4, -0.2) is 18.4 Å². The van der Waals surface area contributed by atoms with Crippen molar-refractivity contribution >= 4 is 29.3 Å². The number of hydrogen-bond acceptors (Lipinski definition) is 4. The van der Waals surface area contributed by atoms with E-state index < -0.39 is 11.7 Å². The van der Waals surface area contributed by atoms with Gasteiger partial charge in [-0.25, -0.2) is 4.39 Å². The highest BCUT2D eigenvalue weighted by Crippen LogP contribution is 2.16. The zero-order valence-electron chi connectivity index (χ0n) is 16.3. The van der Waals surface area contributed by atoms with Crippen molar-refractivity contribution < 1.29 is 18.7 Å². The molecule has 7 heteroatoms. The van der Waals surface area contributed by atoms with Crippen molar-refractivity contribution in [1.29, 1.82) is 5.26 Å². The lowest BCUT2D eigenvalue weighted by Crippen LogP contribution is -2.20. The maximum absolute atomic E-state index is 13.0. The van der Waals surface area contributed by atoms with Crippen molar-refractivity contribution in [2.75, 3.05) is 17.2 Å². The third-order valence-electron chi connectivity index (χ3n) is 4.09. The number of nitriles is 1. The standard InChI is InChI=1S/C24H18FN3O3/c25-19-8-10-21(11-9-19)28-24(30)18(15-26)14-17-6-12-22(13-7-17)31-16-23(29)27-20-4-2-1-3-5-20/h1-14H,16H2,(H,27,29)(H,28,30)/b18-14+. The molecule has 0 radical (unpaired) electrons. The fourth-order valence-corrected chi connectivity index (χ4v) is 2.57. The minimum absolute atomic E-state index is 0.111. The molecule has 6 nitrogen and oxygen atoms in total. The summed E-state index contributed by atoms with van der Waals surface area (Å²) in [5, 5.41) is 14.5. The summed E-state index contributed by atoms with van der Waals surface area (Å²) in [6.45, 7) is -0.159. The third kappa shape index (κ3) is 6.54. The van der Waals surface area contributed by atoms with Gasteiger partial charge in [0.2, 0.25) is 0 Å². The summed E-state index contributed by atoms with van der Waals surface area (Å²) in [6.07, 6.45) is 1.42. The summed E-state index contributed by atoms with van der Waals surface area (Å²) in [5.74, 6) is -0.852. The Bertz CT molecular complexity index is 1120. The fraction of sp³-hybridized carbons (Fsp3) is 0.0417. The van der Waals surface area contributed by atoms with Gasteiger partial charge in [-0.05, 0) is 60.2 Å². The number of hydrogen-bond donors (Lipinski definition) is 2. The normalized spacial score (nSPS) is 10.6. The molecule has 3 aromatic rings. The van der Waals surface area contributed by atoms with Crippen molar-refractivity contribution in [2.24, 2.45) is 0 Å². The minimum Gasteiger partial charge on any atom is -0.484 e. The van der Waals surface area contributed by atoms with Gasteiger partial charge in [0, 0.05) is 11.4 Å². The Balaban J connectivity index is 1.57. The van der Waals surface area contributed by atoms with E-state index in [2.05, 4.69) is 10.6 Å². The van der Waals surface area contributed by atoms with Crippen LogP contribution in [0.2, 0.25) is 0 Å². The smallest absolute Gasteiger partial charge is 0.266 e. The number of carbonyl (C=O) groups is 2. The highest BCUT2D eigenvalue weighted by atomic mass is 19.1. The van der Waals surface area contributed by atoms with E-state index in [0.29, 0.717) is 22.7 Å². The van der Waals surface area contributed by atoms with Gasteiger partial charge in [0.15, 0.2) is 6.61 Å². The van der Waals surface area contributed by atoms with Crippen molar-refractivity contribution in [3.05, 3.63) is 95.8 Å². The molecule has 0 aliphatic rings. The molecule has 0 spiro atoms. The maximum atomic E-state index is 13.0. The molecule has 2 amide bonds. The lowest BCUT2D eigenvalue weighted by Gasteiger charge is -2.08. The first-order valence-corrected chi connectivity index (χ1v) is 9.30. The van der Waals surface area contributed by atoms with Crippen LogP contribution in [0, 0.1) is 17.1 Å². The van der Waals surface area contributed by atoms with Gasteiger partial charge in [-0.15, -0.1) is 0 Å². The Labute approximate surface area is 178 Å². The SMILES string of the molecule is N#C/C(=C\c1ccc(OCC(=O)Nc2ccccc2)cc1)C(=O)Nc1ccc(F)cc1. The molecule has 0 aliphatic heterocycles. The summed E-state index contributed by atoms with van der Waals surface area (Å²) >= 11 is 0. The molecule has 3 rings (SSSR count). The predicted molar refractivity (Wildman–Crippen MR) is 116 cm³/mol. The number of para-hydroxylation sites is 1. The predicted octanol–water partition coefficient (Wildman–Crippen LogP) is 4.39. The van der Waals surface area contributed by atoms with Gasteiger partial charge in [0.25, 0.3) is 11.8 Å². The van der Waals surface area contributed by atoms with Crippen molar-refractivity contribution in [2.45, 2.75) is 0 Å². The Kier molecular flexibility index (Phi) is 7.12. The van der Waals surface area contributed by atoms with Crippen LogP contribution in [0.25, 0.3) is 6.08 Å². The second-order valence-corrected chi connectivity index (χ2v) is 6.40. The highest BCUT2D eigenvalue weighted by molar-refractivity contribution is 6.09. The van der Waals surface area contributed by atoms with Gasteiger partial charge in [-0.2, -0.15) is 5.26 Å². The number of carbonyl (C=O) groups excluding carboxylic acids is 2. The Morgan fingerprint density at radius 3 is 2.19 bits per heavy atom. The Morgan fingerprint density at radius 1 is 0.903 bits per heavy atom. The second kappa shape index (κ2) is 10.4. The molecular formula is C24H18FN3O3. The number of anilines is 2. The molecule has 0 heterocycles. The summed E-state index contributed by atoms with van der Waals surface area (Å²) < 4.78 is 18.4. The van der Waals surface area contributed by atoms with Gasteiger partial charge in [-0.1, -0.05) is 30.3 Å². The Hall–Kier alpha value is -4.44. The van der Waals surface area contributed by atoms with Crippen LogP contribution in [0.3, 0.4) is 0 Å². The molecule has 0 aliphatic carbocycles. The first-order chi connectivity index (χ1) is 15.0. The van der Waals surface area contributed by atoms with Crippen LogP contribution < -0.4 is 15.4 Å². The summed E-state index contributed by atoms with van der Waals surface area (Å²) in [7, 11) is 0. The third-order valence-corrected chi connectivity index (χ3v) is 4.09. The van der Waals surface area contributed by atoms with Gasteiger partial charge in [0.05, 0.1) is 0 Å². The van der Waals surface area contributed by atoms with Crippen LogP contribution in [0.1, 0.15) is 5.56 Å². The summed E-state index contributed by atoms with van der Waals surface area (Å²) in [5.41, 5.74) is 1.55. The topological polar surface area (TPSA) is 91.2 Å². The molecule has 0 saturated heterocycles. The van der Waals surface area contributed by atoms with Gasteiger partial charge >= 0.3 is 0 Å². The van der Waals surface area contributed by atoms with Gasteiger partial charge in [-0.3, -0.25) is 9.59 Å². The zero-order chi connectivity index (χ0) is 22.1. The monoisotopic (exact) mass is 415 g/mol. The first-order valence-electron chi connectivity index (χ1n) is 9.30. The van der Waals surface area contributed by atoms with E-state index in [9.17, 15) is 19.2 Å². The first kappa shape index (κ1) is 21.3. The molecule has 3 aromatic carbocycles. The molecule has 31 heavy (non-hydrogen) atoms. The number of nitrogens with zero attached hydrogens (tertiary/aromatic N) is 1. The number of nitrogens with one attached hydrogen (secondary N) is 2. The molecule has 154 valence electrons. The zero-order valence-corrected chi connectivity index (χ0v) is 16.3. The largest absolute Gasteiger partial charge is 0.484 e. The average molecular weight is 415 g/mol. The molecule has 0 unspecified atom stereocenters. The molecule has 0 atom stereocenters. The lowest BCUT2D eigenvalue weighted by molar-refractivity contribution is -0.118. The Morgan fingerprint density at radius 2 is 1.55 bits per heavy atom. The maximum Gasteiger partial charge on any atom is 0.266 e. The minimum atomic E-state index is -0.605. The second-order valence-electron chi connectivity index (χ2n) is 6.40. The quantitative estimate of drug-likeness (QED) is 0.442. The van der Waals surface area contributed by atoms with E-state index >= 15 is 0 Å². The van der Waals surface area contributed by atoms with E-state index in [1.165, 1.54) is 30.3 Å². The lowest BCUT2D eigenvalue weighted by atomic mass is 10.1. The van der Waals surface area contributed by atoms with E-state index in [1.807, 2.05) is 24.3 Å². The van der Waals surface area contributed by atoms with E-state index in [-0.39, 0.29) is 18.1 Å². The van der Waals surface area contributed by atoms with Gasteiger partial charge < -0.3 is 15.4 Å². The molecular weight excluding hydrogens is 397 g/mol. The van der Waals surface area contributed by atoms with Gasteiger partial charge in [0.1, 0.15) is 23.2 Å². The summed E-state index contributed by atoms with van der Waals surface area (Å²) in [6, 6.07) is 22.7. The fourth-order valence-electron chi connectivity index (χ4n) is 2.57.